The number of aromatic nitrogens is 2. The molecule has 11 heteroatoms. The van der Waals surface area contributed by atoms with E-state index in [9.17, 15) is 5.11 Å². The van der Waals surface area contributed by atoms with Crippen molar-refractivity contribution in [1.29, 1.82) is 0 Å². The number of rotatable bonds is 19. The van der Waals surface area contributed by atoms with Crippen LogP contribution in [0.1, 0.15) is 59.0 Å². The Labute approximate surface area is 357 Å². The van der Waals surface area contributed by atoms with Crippen LogP contribution in [0.3, 0.4) is 0 Å². The number of halogens is 1. The van der Waals surface area contributed by atoms with Crippen LogP contribution in [0.5, 0.6) is 11.6 Å². The lowest BCUT2D eigenvalue weighted by Gasteiger charge is -2.49. The van der Waals surface area contributed by atoms with Gasteiger partial charge in [-0.2, -0.15) is 0 Å². The van der Waals surface area contributed by atoms with E-state index in [1.807, 2.05) is 165 Å². The number of benzene rings is 5. The molecular formula is C49H53ClN2O8. The molecule has 6 aromatic rings. The van der Waals surface area contributed by atoms with E-state index in [1.54, 1.807) is 7.11 Å². The molecule has 7 rings (SSSR count). The third-order valence-electron chi connectivity index (χ3n) is 10.5. The minimum absolute atomic E-state index is 0.0237. The fraction of sp³-hybridized carbons (Fsp3) is 0.327. The molecule has 1 aliphatic rings. The van der Waals surface area contributed by atoms with Gasteiger partial charge in [-0.3, -0.25) is 4.68 Å². The highest BCUT2D eigenvalue weighted by Crippen LogP contribution is 2.39. The van der Waals surface area contributed by atoms with Crippen molar-refractivity contribution in [1.82, 2.24) is 9.78 Å². The lowest BCUT2D eigenvalue weighted by molar-refractivity contribution is -0.436. The molecule has 1 saturated heterocycles. The lowest BCUT2D eigenvalue weighted by atomic mass is 9.96. The average molecular weight is 833 g/mol. The zero-order chi connectivity index (χ0) is 41.9. The summed E-state index contributed by atoms with van der Waals surface area (Å²) in [5.74, 6) is -1.70. The van der Waals surface area contributed by atoms with E-state index in [2.05, 4.69) is 0 Å². The minimum atomic E-state index is -2.45. The lowest BCUT2D eigenvalue weighted by Crippen LogP contribution is -2.69. The molecule has 0 unspecified atom stereocenters. The predicted octanol–water partition coefficient (Wildman–Crippen LogP) is 9.42. The van der Waals surface area contributed by atoms with Gasteiger partial charge in [0.15, 0.2) is 6.10 Å². The second kappa shape index (κ2) is 20.5. The predicted molar refractivity (Wildman–Crippen MR) is 230 cm³/mol. The normalized spacial score (nSPS) is 20.3. The summed E-state index contributed by atoms with van der Waals surface area (Å²) in [6, 6.07) is 45.0. The molecule has 10 nitrogen and oxygen atoms in total. The van der Waals surface area contributed by atoms with Crippen LogP contribution in [-0.4, -0.2) is 59.0 Å². The van der Waals surface area contributed by atoms with Gasteiger partial charge in [-0.05, 0) is 60.7 Å². The molecule has 1 aromatic heterocycles. The Bertz CT molecular complexity index is 2220. The summed E-state index contributed by atoms with van der Waals surface area (Å²) in [5, 5.41) is 18.5. The summed E-state index contributed by atoms with van der Waals surface area (Å²) in [5.41, 5.74) is 6.26. The first kappa shape index (κ1) is 43.1. The molecule has 1 N–H and O–H groups in total. The highest BCUT2D eigenvalue weighted by atomic mass is 35.5. The molecule has 0 spiro atoms. The first-order valence-electron chi connectivity index (χ1n) is 20.3. The van der Waals surface area contributed by atoms with Gasteiger partial charge >= 0.3 is 5.97 Å². The molecule has 1 aliphatic heterocycles. The summed E-state index contributed by atoms with van der Waals surface area (Å²) in [6.45, 7) is 6.95. The molecule has 2 heterocycles. The van der Waals surface area contributed by atoms with E-state index in [0.29, 0.717) is 23.8 Å². The molecule has 314 valence electrons. The van der Waals surface area contributed by atoms with Crippen molar-refractivity contribution in [2.75, 3.05) is 13.7 Å². The summed E-state index contributed by atoms with van der Waals surface area (Å²) in [4.78, 5) is 0. The molecule has 60 heavy (non-hydrogen) atoms. The van der Waals surface area contributed by atoms with E-state index in [0.717, 1.165) is 39.1 Å². The number of hydrogen-bond acceptors (Lipinski definition) is 9. The van der Waals surface area contributed by atoms with Crippen LogP contribution in [0.2, 0.25) is 5.02 Å². The first-order chi connectivity index (χ1) is 29.2. The second-order valence-electron chi connectivity index (χ2n) is 15.2. The van der Waals surface area contributed by atoms with Crippen LogP contribution in [0.25, 0.3) is 0 Å². The Morgan fingerprint density at radius 2 is 1.22 bits per heavy atom. The zero-order valence-electron chi connectivity index (χ0n) is 34.5. The quantitative estimate of drug-likeness (QED) is 0.0800. The summed E-state index contributed by atoms with van der Waals surface area (Å²) in [7, 11) is 1.58. The molecule has 5 aromatic carbocycles. The van der Waals surface area contributed by atoms with Gasteiger partial charge in [-0.15, -0.1) is 5.10 Å². The fourth-order valence-corrected chi connectivity index (χ4v) is 7.66. The van der Waals surface area contributed by atoms with Crippen LogP contribution >= 0.6 is 11.6 Å². The van der Waals surface area contributed by atoms with Crippen LogP contribution in [0.4, 0.5) is 0 Å². The molecule has 5 atom stereocenters. The standard InChI is InChI=1S/C49H53ClN2O8/c1-34(2)52-35(3)41(27-40-25-26-43(54-4)42(50)28-40)48(51-52)60-49(53)47(58-32-39-23-15-8-16-24-39)46(57-31-38-21-13-7-14-22-38)45(56-30-37-19-11-6-12-20-37)44(59-49)33-55-29-36-17-9-5-10-18-36/h5-26,28,34,44-47,53H,27,29-33H2,1-4H3/t44-,45-,46+,47-,49+/m1/s1. The van der Waals surface area contributed by atoms with Gasteiger partial charge in [0.1, 0.15) is 24.1 Å². The van der Waals surface area contributed by atoms with Crippen molar-refractivity contribution in [2.24, 2.45) is 0 Å². The van der Waals surface area contributed by atoms with Crippen molar-refractivity contribution in [2.45, 2.75) is 90.1 Å². The number of nitrogens with zero attached hydrogens (tertiary/aromatic N) is 2. The van der Waals surface area contributed by atoms with Crippen molar-refractivity contribution < 1.29 is 38.3 Å². The monoisotopic (exact) mass is 832 g/mol. The van der Waals surface area contributed by atoms with Crippen LogP contribution in [0.15, 0.2) is 140 Å². The maximum atomic E-state index is 13.1. The maximum Gasteiger partial charge on any atom is 0.356 e. The van der Waals surface area contributed by atoms with Crippen molar-refractivity contribution >= 4 is 11.6 Å². The van der Waals surface area contributed by atoms with E-state index >= 15 is 0 Å². The van der Waals surface area contributed by atoms with Gasteiger partial charge in [0.05, 0.1) is 45.2 Å². The fourth-order valence-electron chi connectivity index (χ4n) is 7.38. The van der Waals surface area contributed by atoms with E-state index in [-0.39, 0.29) is 38.3 Å². The Morgan fingerprint density at radius 3 is 1.73 bits per heavy atom. The summed E-state index contributed by atoms with van der Waals surface area (Å²) < 4.78 is 47.5. The molecule has 0 amide bonds. The Kier molecular flexibility index (Phi) is 14.7. The van der Waals surface area contributed by atoms with Crippen LogP contribution < -0.4 is 9.47 Å². The third-order valence-corrected chi connectivity index (χ3v) is 10.8. The molecular weight excluding hydrogens is 780 g/mol. The van der Waals surface area contributed by atoms with Crippen molar-refractivity contribution in [3.05, 3.63) is 184 Å². The Balaban J connectivity index is 1.30. The molecule has 0 bridgehead atoms. The molecule has 1 fully saturated rings. The van der Waals surface area contributed by atoms with E-state index in [4.69, 9.17) is 49.9 Å². The highest BCUT2D eigenvalue weighted by molar-refractivity contribution is 6.32. The molecule has 0 saturated carbocycles. The van der Waals surface area contributed by atoms with Gasteiger partial charge < -0.3 is 38.3 Å². The SMILES string of the molecule is COc1ccc(Cc2c(O[C@@]3(O)O[C@H](COCc4ccccc4)[C@@H](OCc4ccccc4)[C@H](OCc4ccccc4)[C@H]3OCc3ccccc3)nn(C(C)C)c2C)cc1Cl. The zero-order valence-corrected chi connectivity index (χ0v) is 35.2. The highest BCUT2D eigenvalue weighted by Gasteiger charge is 2.59. The Hall–Kier alpha value is -5.04. The van der Waals surface area contributed by atoms with Gasteiger partial charge in [0.25, 0.3) is 0 Å². The smallest absolute Gasteiger partial charge is 0.356 e. The van der Waals surface area contributed by atoms with Gasteiger partial charge in [0.2, 0.25) is 5.88 Å². The van der Waals surface area contributed by atoms with Crippen molar-refractivity contribution in [3.8, 4) is 11.6 Å². The molecule has 0 aliphatic carbocycles. The topological polar surface area (TPSA) is 103 Å². The van der Waals surface area contributed by atoms with Gasteiger partial charge in [-0.1, -0.05) is 139 Å². The molecule has 0 radical (unpaired) electrons. The van der Waals surface area contributed by atoms with Gasteiger partial charge in [-0.25, -0.2) is 0 Å². The minimum Gasteiger partial charge on any atom is -0.495 e. The number of aliphatic hydroxyl groups is 1. The number of ether oxygens (including phenoxy) is 7. The van der Waals surface area contributed by atoms with Crippen LogP contribution in [0, 0.1) is 6.92 Å². The summed E-state index contributed by atoms with van der Waals surface area (Å²) >= 11 is 6.59. The number of hydrogen-bond donors (Lipinski definition) is 1. The Morgan fingerprint density at radius 1 is 0.700 bits per heavy atom. The first-order valence-corrected chi connectivity index (χ1v) is 20.7. The largest absolute Gasteiger partial charge is 0.495 e. The maximum absolute atomic E-state index is 13.1. The average Bonchev–Trinajstić information content (AvgIpc) is 3.56. The summed E-state index contributed by atoms with van der Waals surface area (Å²) in [6.07, 6.45) is -3.47. The van der Waals surface area contributed by atoms with Crippen molar-refractivity contribution in [3.63, 3.8) is 0 Å². The second-order valence-corrected chi connectivity index (χ2v) is 15.6. The third kappa shape index (κ3) is 10.8. The van der Waals surface area contributed by atoms with Gasteiger partial charge in [0, 0.05) is 23.7 Å². The van der Waals surface area contributed by atoms with E-state index in [1.165, 1.54) is 0 Å². The van der Waals surface area contributed by atoms with Crippen LogP contribution in [-0.2, 0) is 56.5 Å². The number of methoxy groups -OCH3 is 1. The van der Waals surface area contributed by atoms with E-state index < -0.39 is 30.4 Å².